The quantitative estimate of drug-likeness (QED) is 0.701. The number of hydrogen-bond donors (Lipinski definition) is 2. The van der Waals surface area contributed by atoms with E-state index in [4.69, 9.17) is 0 Å². The molecule has 1 fully saturated rings. The number of pyridine rings is 1. The topological polar surface area (TPSA) is 108 Å². The largest absolute Gasteiger partial charge is 0.352 e. The number of sulfonamides is 1. The molecule has 160 valence electrons. The Labute approximate surface area is 176 Å². The third-order valence-corrected chi connectivity index (χ3v) is 7.08. The summed E-state index contributed by atoms with van der Waals surface area (Å²) in [4.78, 5) is 28.3. The van der Waals surface area contributed by atoms with E-state index in [0.717, 1.165) is 19.3 Å². The lowest BCUT2D eigenvalue weighted by Crippen LogP contribution is -2.41. The SMILES string of the molecule is CC1CCCCN1S(=O)(=O)c1ccc(C(=O)NCCC(=O)Nc2cccnc2)cc1. The van der Waals surface area contributed by atoms with E-state index in [-0.39, 0.29) is 35.7 Å². The van der Waals surface area contributed by atoms with E-state index < -0.39 is 10.0 Å². The molecule has 0 bridgehead atoms. The Morgan fingerprint density at radius 1 is 1.17 bits per heavy atom. The molecule has 0 radical (unpaired) electrons. The van der Waals surface area contributed by atoms with Crippen LogP contribution in [0.2, 0.25) is 0 Å². The van der Waals surface area contributed by atoms with Crippen LogP contribution in [0.3, 0.4) is 0 Å². The zero-order valence-electron chi connectivity index (χ0n) is 16.9. The van der Waals surface area contributed by atoms with Crippen molar-refractivity contribution in [1.29, 1.82) is 0 Å². The molecule has 0 aliphatic carbocycles. The second kappa shape index (κ2) is 9.82. The van der Waals surface area contributed by atoms with Gasteiger partial charge in [0.1, 0.15) is 0 Å². The highest BCUT2D eigenvalue weighted by atomic mass is 32.2. The first-order chi connectivity index (χ1) is 14.4. The van der Waals surface area contributed by atoms with Gasteiger partial charge >= 0.3 is 0 Å². The summed E-state index contributed by atoms with van der Waals surface area (Å²) in [6, 6.07) is 9.32. The van der Waals surface area contributed by atoms with Crippen molar-refractivity contribution in [3.63, 3.8) is 0 Å². The van der Waals surface area contributed by atoms with Crippen LogP contribution in [0.1, 0.15) is 43.0 Å². The van der Waals surface area contributed by atoms with E-state index >= 15 is 0 Å². The van der Waals surface area contributed by atoms with Crippen molar-refractivity contribution in [3.8, 4) is 0 Å². The number of aromatic nitrogens is 1. The van der Waals surface area contributed by atoms with Crippen LogP contribution in [0.4, 0.5) is 5.69 Å². The fourth-order valence-corrected chi connectivity index (χ4v) is 5.09. The van der Waals surface area contributed by atoms with Gasteiger partial charge in [0.2, 0.25) is 15.9 Å². The first-order valence-electron chi connectivity index (χ1n) is 9.98. The summed E-state index contributed by atoms with van der Waals surface area (Å²) in [6.45, 7) is 2.60. The molecular formula is C21H26N4O4S. The maximum absolute atomic E-state index is 12.9. The summed E-state index contributed by atoms with van der Waals surface area (Å²) < 4.78 is 27.2. The molecule has 3 rings (SSSR count). The summed E-state index contributed by atoms with van der Waals surface area (Å²) in [5, 5.41) is 5.36. The van der Waals surface area contributed by atoms with Crippen LogP contribution in [-0.2, 0) is 14.8 Å². The van der Waals surface area contributed by atoms with Gasteiger partial charge in [0.25, 0.3) is 5.91 Å². The number of anilines is 1. The molecule has 1 aliphatic heterocycles. The van der Waals surface area contributed by atoms with Gasteiger partial charge in [0, 0.05) is 37.3 Å². The number of amides is 2. The van der Waals surface area contributed by atoms with Crippen molar-refractivity contribution in [2.24, 2.45) is 0 Å². The Kier molecular flexibility index (Phi) is 7.17. The van der Waals surface area contributed by atoms with Crippen LogP contribution in [0.25, 0.3) is 0 Å². The van der Waals surface area contributed by atoms with Crippen LogP contribution >= 0.6 is 0 Å². The average molecular weight is 431 g/mol. The molecule has 8 nitrogen and oxygen atoms in total. The molecule has 1 aliphatic rings. The molecule has 1 saturated heterocycles. The monoisotopic (exact) mass is 430 g/mol. The number of piperidine rings is 1. The van der Waals surface area contributed by atoms with Crippen LogP contribution < -0.4 is 10.6 Å². The molecule has 1 unspecified atom stereocenters. The van der Waals surface area contributed by atoms with E-state index in [1.807, 2.05) is 6.92 Å². The minimum absolute atomic E-state index is 0.0236. The maximum Gasteiger partial charge on any atom is 0.251 e. The lowest BCUT2D eigenvalue weighted by molar-refractivity contribution is -0.116. The van der Waals surface area contributed by atoms with E-state index in [1.165, 1.54) is 34.8 Å². The minimum atomic E-state index is -3.57. The number of benzene rings is 1. The zero-order valence-corrected chi connectivity index (χ0v) is 17.7. The molecule has 0 spiro atoms. The van der Waals surface area contributed by atoms with Crippen molar-refractivity contribution in [2.75, 3.05) is 18.4 Å². The summed E-state index contributed by atoms with van der Waals surface area (Å²) in [5.74, 6) is -0.597. The number of carbonyl (C=O) groups excluding carboxylic acids is 2. The van der Waals surface area contributed by atoms with E-state index in [1.54, 1.807) is 18.3 Å². The lowest BCUT2D eigenvalue weighted by Gasteiger charge is -2.32. The van der Waals surface area contributed by atoms with Crippen LogP contribution in [-0.4, -0.2) is 48.7 Å². The van der Waals surface area contributed by atoms with Crippen LogP contribution in [0.15, 0.2) is 53.7 Å². The van der Waals surface area contributed by atoms with Gasteiger partial charge in [-0.2, -0.15) is 4.31 Å². The minimum Gasteiger partial charge on any atom is -0.352 e. The van der Waals surface area contributed by atoms with Gasteiger partial charge in [-0.1, -0.05) is 6.42 Å². The predicted molar refractivity (Wildman–Crippen MR) is 113 cm³/mol. The van der Waals surface area contributed by atoms with Gasteiger partial charge in [-0.25, -0.2) is 8.42 Å². The second-order valence-corrected chi connectivity index (χ2v) is 9.17. The molecular weight excluding hydrogens is 404 g/mol. The molecule has 9 heteroatoms. The van der Waals surface area contributed by atoms with Gasteiger partial charge in [0.05, 0.1) is 16.8 Å². The Morgan fingerprint density at radius 3 is 2.60 bits per heavy atom. The van der Waals surface area contributed by atoms with E-state index in [2.05, 4.69) is 15.6 Å². The van der Waals surface area contributed by atoms with Crippen molar-refractivity contribution in [2.45, 2.75) is 43.5 Å². The standard InChI is InChI=1S/C21H26N4O4S/c1-16-5-2-3-14-25(16)30(28,29)19-9-7-17(8-10-19)21(27)23-13-11-20(26)24-18-6-4-12-22-15-18/h4,6-10,12,15-16H,2-3,5,11,13-14H2,1H3,(H,23,27)(H,24,26). The lowest BCUT2D eigenvalue weighted by atomic mass is 10.1. The number of carbonyl (C=O) groups is 2. The van der Waals surface area contributed by atoms with Crippen molar-refractivity contribution >= 4 is 27.5 Å². The molecule has 1 atom stereocenters. The number of nitrogens with zero attached hydrogens (tertiary/aromatic N) is 2. The Morgan fingerprint density at radius 2 is 1.93 bits per heavy atom. The van der Waals surface area contributed by atoms with Crippen molar-refractivity contribution < 1.29 is 18.0 Å². The smallest absolute Gasteiger partial charge is 0.251 e. The summed E-state index contributed by atoms with van der Waals surface area (Å²) in [7, 11) is -3.57. The number of hydrogen-bond acceptors (Lipinski definition) is 5. The van der Waals surface area contributed by atoms with Gasteiger partial charge < -0.3 is 10.6 Å². The first-order valence-corrected chi connectivity index (χ1v) is 11.4. The van der Waals surface area contributed by atoms with Crippen molar-refractivity contribution in [3.05, 3.63) is 54.4 Å². The molecule has 2 N–H and O–H groups in total. The fraction of sp³-hybridized carbons (Fsp3) is 0.381. The van der Waals surface area contributed by atoms with Gasteiger partial charge in [-0.05, 0) is 56.2 Å². The molecule has 1 aromatic heterocycles. The summed E-state index contributed by atoms with van der Waals surface area (Å²) in [5.41, 5.74) is 0.932. The molecule has 0 saturated carbocycles. The van der Waals surface area contributed by atoms with Crippen LogP contribution in [0.5, 0.6) is 0 Å². The maximum atomic E-state index is 12.9. The molecule has 2 heterocycles. The second-order valence-electron chi connectivity index (χ2n) is 7.28. The normalized spacial score (nSPS) is 17.3. The highest BCUT2D eigenvalue weighted by molar-refractivity contribution is 7.89. The Balaban J connectivity index is 1.53. The molecule has 30 heavy (non-hydrogen) atoms. The number of rotatable bonds is 7. The third-order valence-electron chi connectivity index (χ3n) is 5.05. The Hall–Kier alpha value is -2.78. The molecule has 2 amide bonds. The van der Waals surface area contributed by atoms with E-state index in [9.17, 15) is 18.0 Å². The average Bonchev–Trinajstić information content (AvgIpc) is 2.74. The van der Waals surface area contributed by atoms with Gasteiger partial charge in [0.15, 0.2) is 0 Å². The van der Waals surface area contributed by atoms with Gasteiger partial charge in [-0.3, -0.25) is 14.6 Å². The summed E-state index contributed by atoms with van der Waals surface area (Å²) in [6.07, 6.45) is 6.01. The zero-order chi connectivity index (χ0) is 21.6. The molecule has 1 aromatic carbocycles. The Bertz CT molecular complexity index is 978. The first kappa shape index (κ1) is 21.9. The van der Waals surface area contributed by atoms with Gasteiger partial charge in [-0.15, -0.1) is 0 Å². The number of nitrogens with one attached hydrogen (secondary N) is 2. The highest BCUT2D eigenvalue weighted by Gasteiger charge is 2.30. The van der Waals surface area contributed by atoms with Crippen molar-refractivity contribution in [1.82, 2.24) is 14.6 Å². The highest BCUT2D eigenvalue weighted by Crippen LogP contribution is 2.25. The summed E-state index contributed by atoms with van der Waals surface area (Å²) >= 11 is 0. The third kappa shape index (κ3) is 5.43. The predicted octanol–water partition coefficient (Wildman–Crippen LogP) is 2.40. The van der Waals surface area contributed by atoms with Crippen LogP contribution in [0, 0.1) is 0 Å². The van der Waals surface area contributed by atoms with E-state index in [0.29, 0.717) is 17.8 Å². The fourth-order valence-electron chi connectivity index (χ4n) is 3.39. The molecule has 2 aromatic rings.